The summed E-state index contributed by atoms with van der Waals surface area (Å²) in [4.78, 5) is -0.0666. The Morgan fingerprint density at radius 2 is 1.49 bits per heavy atom. The van der Waals surface area contributed by atoms with Crippen LogP contribution in [0.5, 0.6) is 5.75 Å². The number of nitrogens with zero attached hydrogens (tertiary/aromatic N) is 1. The van der Waals surface area contributed by atoms with Crippen LogP contribution >= 0.6 is 0 Å². The van der Waals surface area contributed by atoms with E-state index < -0.39 is 10.1 Å². The maximum atomic E-state index is 10.5. The van der Waals surface area contributed by atoms with E-state index in [-0.39, 0.29) is 4.90 Å². The van der Waals surface area contributed by atoms with Gasteiger partial charge in [-0.15, -0.1) is 0 Å². The molecule has 0 aromatic heterocycles. The first kappa shape index (κ1) is 26.9. The van der Waals surface area contributed by atoms with Gasteiger partial charge in [0.05, 0.1) is 25.0 Å². The molecular weight excluding hydrogens is 458 g/mol. The topological polar surface area (TPSA) is 63.6 Å². The van der Waals surface area contributed by atoms with Crippen molar-refractivity contribution in [3.8, 4) is 5.75 Å². The Labute approximate surface area is 210 Å². The molecule has 3 aromatic rings. The summed E-state index contributed by atoms with van der Waals surface area (Å²) in [5.41, 5.74) is 3.56. The van der Waals surface area contributed by atoms with Crippen molar-refractivity contribution in [1.29, 1.82) is 0 Å². The van der Waals surface area contributed by atoms with Crippen molar-refractivity contribution in [1.82, 2.24) is 0 Å². The third-order valence-corrected chi connectivity index (χ3v) is 7.78. The molecule has 1 unspecified atom stereocenters. The molecule has 0 radical (unpaired) electrons. The number of benzene rings is 3. The van der Waals surface area contributed by atoms with Gasteiger partial charge in [0, 0.05) is 6.42 Å². The van der Waals surface area contributed by atoms with Crippen LogP contribution in [0.15, 0.2) is 83.8 Å². The Bertz CT molecular complexity index is 1150. The van der Waals surface area contributed by atoms with Crippen molar-refractivity contribution in [2.45, 2.75) is 50.5 Å². The van der Waals surface area contributed by atoms with E-state index in [0.29, 0.717) is 6.04 Å². The van der Waals surface area contributed by atoms with E-state index in [9.17, 15) is 8.42 Å². The highest BCUT2D eigenvalue weighted by Crippen LogP contribution is 2.24. The summed E-state index contributed by atoms with van der Waals surface area (Å²) in [6.45, 7) is 7.55. The number of likely N-dealkylation sites (N-methyl/N-ethyl adjacent to an activating group) is 1. The SMILES string of the molecule is CC(COc1ccccc1Cc1ccccc1)[N+]1(C)CCCCC1.Cc1ccc(S(=O)(=O)O)cc1. The summed E-state index contributed by atoms with van der Waals surface area (Å²) >= 11 is 0. The molecule has 1 atom stereocenters. The molecule has 1 saturated heterocycles. The van der Waals surface area contributed by atoms with E-state index >= 15 is 0 Å². The lowest BCUT2D eigenvalue weighted by Crippen LogP contribution is -2.55. The van der Waals surface area contributed by atoms with E-state index in [2.05, 4.69) is 68.6 Å². The van der Waals surface area contributed by atoms with E-state index in [1.165, 1.54) is 55.6 Å². The van der Waals surface area contributed by atoms with Crippen molar-refractivity contribution in [2.24, 2.45) is 0 Å². The molecule has 0 bridgehead atoms. The maximum Gasteiger partial charge on any atom is 0.294 e. The summed E-state index contributed by atoms with van der Waals surface area (Å²) in [6, 6.07) is 25.6. The molecule has 4 rings (SSSR count). The van der Waals surface area contributed by atoms with E-state index in [1.54, 1.807) is 12.1 Å². The van der Waals surface area contributed by atoms with Gasteiger partial charge in [0.25, 0.3) is 10.1 Å². The highest BCUT2D eigenvalue weighted by molar-refractivity contribution is 7.85. The van der Waals surface area contributed by atoms with Gasteiger partial charge in [-0.3, -0.25) is 4.55 Å². The summed E-state index contributed by atoms with van der Waals surface area (Å²) in [5.74, 6) is 1.04. The van der Waals surface area contributed by atoms with Crippen LogP contribution in [-0.4, -0.2) is 50.2 Å². The standard InChI is InChI=1S/C22H30NO.C7H8O3S/c1-19(23(2)15-9-4-10-16-23)18-24-22-14-8-7-13-21(22)17-20-11-5-3-6-12-20;1-6-2-4-7(5-3-6)11(8,9)10/h3,5-8,11-14,19H,4,9-10,15-18H2,1-2H3;2-5H,1H3,(H,8,9,10)/q+1;. The van der Waals surface area contributed by atoms with Crippen molar-refractivity contribution in [2.75, 3.05) is 26.7 Å². The zero-order valence-corrected chi connectivity index (χ0v) is 21.9. The van der Waals surface area contributed by atoms with Gasteiger partial charge >= 0.3 is 0 Å². The number of piperidine rings is 1. The molecule has 1 fully saturated rings. The first-order valence-corrected chi connectivity index (χ1v) is 13.7. The second kappa shape index (κ2) is 12.3. The maximum absolute atomic E-state index is 10.5. The van der Waals surface area contributed by atoms with Gasteiger partial charge in [0.15, 0.2) is 0 Å². The molecule has 3 aromatic carbocycles. The van der Waals surface area contributed by atoms with Gasteiger partial charge in [-0.1, -0.05) is 66.2 Å². The third kappa shape index (κ3) is 8.20. The minimum Gasteiger partial charge on any atom is -0.487 e. The fourth-order valence-electron chi connectivity index (χ4n) is 4.38. The minimum absolute atomic E-state index is 0.0666. The lowest BCUT2D eigenvalue weighted by atomic mass is 10.0. The monoisotopic (exact) mass is 496 g/mol. The average Bonchev–Trinajstić information content (AvgIpc) is 2.84. The number of rotatable bonds is 7. The quantitative estimate of drug-likeness (QED) is 0.326. The molecule has 0 amide bonds. The summed E-state index contributed by atoms with van der Waals surface area (Å²) in [6.07, 6.45) is 5.02. The lowest BCUT2D eigenvalue weighted by Gasteiger charge is -2.42. The lowest BCUT2D eigenvalue weighted by molar-refractivity contribution is -0.935. The molecule has 1 aliphatic rings. The molecule has 188 valence electrons. The van der Waals surface area contributed by atoms with Gasteiger partial charge in [0.1, 0.15) is 18.4 Å². The molecular formula is C29H38NO4S+. The van der Waals surface area contributed by atoms with Gasteiger partial charge in [0.2, 0.25) is 0 Å². The number of ether oxygens (including phenoxy) is 1. The normalized spacial score (nSPS) is 16.0. The Morgan fingerprint density at radius 3 is 2.11 bits per heavy atom. The van der Waals surface area contributed by atoms with Gasteiger partial charge in [-0.25, -0.2) is 0 Å². The molecule has 0 spiro atoms. The minimum atomic E-state index is -4.02. The summed E-state index contributed by atoms with van der Waals surface area (Å²) in [5, 5.41) is 0. The molecule has 0 saturated carbocycles. The van der Waals surface area contributed by atoms with Crippen LogP contribution < -0.4 is 4.74 Å². The molecule has 1 aliphatic heterocycles. The highest BCUT2D eigenvalue weighted by Gasteiger charge is 2.31. The second-order valence-electron chi connectivity index (χ2n) is 9.71. The number of quaternary nitrogens is 1. The predicted molar refractivity (Wildman–Crippen MR) is 141 cm³/mol. The van der Waals surface area contributed by atoms with E-state index in [1.807, 2.05) is 6.92 Å². The van der Waals surface area contributed by atoms with Crippen LogP contribution in [0.3, 0.4) is 0 Å². The molecule has 6 heteroatoms. The number of hydrogen-bond acceptors (Lipinski definition) is 3. The third-order valence-electron chi connectivity index (χ3n) is 6.91. The average molecular weight is 497 g/mol. The Hall–Kier alpha value is -2.67. The van der Waals surface area contributed by atoms with E-state index in [0.717, 1.165) is 28.8 Å². The van der Waals surface area contributed by atoms with Crippen molar-refractivity contribution in [3.05, 3.63) is 95.6 Å². The van der Waals surface area contributed by atoms with Gasteiger partial charge in [-0.05, 0) is 62.4 Å². The Kier molecular flexibility index (Phi) is 9.49. The highest BCUT2D eigenvalue weighted by atomic mass is 32.2. The zero-order valence-electron chi connectivity index (χ0n) is 21.1. The number of para-hydroxylation sites is 1. The molecule has 5 nitrogen and oxygen atoms in total. The number of aryl methyl sites for hydroxylation is 1. The largest absolute Gasteiger partial charge is 0.487 e. The van der Waals surface area contributed by atoms with Gasteiger partial charge in [-0.2, -0.15) is 8.42 Å². The van der Waals surface area contributed by atoms with Crippen molar-refractivity contribution >= 4 is 10.1 Å². The number of likely N-dealkylation sites (tertiary alicyclic amines) is 1. The molecule has 0 aliphatic carbocycles. The van der Waals surface area contributed by atoms with Crippen molar-refractivity contribution in [3.63, 3.8) is 0 Å². The molecule has 1 heterocycles. The van der Waals surface area contributed by atoms with Crippen LogP contribution in [0.1, 0.15) is 42.9 Å². The van der Waals surface area contributed by atoms with Crippen LogP contribution in [0.4, 0.5) is 0 Å². The fourth-order valence-corrected chi connectivity index (χ4v) is 4.86. The first-order chi connectivity index (χ1) is 16.7. The van der Waals surface area contributed by atoms with Crippen LogP contribution in [0.25, 0.3) is 0 Å². The summed E-state index contributed by atoms with van der Waals surface area (Å²) < 4.78 is 37.0. The number of hydrogen-bond donors (Lipinski definition) is 1. The first-order valence-electron chi connectivity index (χ1n) is 12.3. The van der Waals surface area contributed by atoms with Crippen LogP contribution in [-0.2, 0) is 16.5 Å². The predicted octanol–water partition coefficient (Wildman–Crippen LogP) is 5.92. The van der Waals surface area contributed by atoms with Crippen LogP contribution in [0.2, 0.25) is 0 Å². The van der Waals surface area contributed by atoms with Gasteiger partial charge < -0.3 is 9.22 Å². The van der Waals surface area contributed by atoms with Crippen molar-refractivity contribution < 1.29 is 22.2 Å². The fraction of sp³-hybridized carbons (Fsp3) is 0.379. The molecule has 35 heavy (non-hydrogen) atoms. The van der Waals surface area contributed by atoms with Crippen LogP contribution in [0, 0.1) is 6.92 Å². The molecule has 1 N–H and O–H groups in total. The Balaban J connectivity index is 0.000000261. The summed E-state index contributed by atoms with van der Waals surface area (Å²) in [7, 11) is -1.63. The van der Waals surface area contributed by atoms with E-state index in [4.69, 9.17) is 9.29 Å². The second-order valence-corrected chi connectivity index (χ2v) is 11.1. The smallest absolute Gasteiger partial charge is 0.294 e. The Morgan fingerprint density at radius 1 is 0.886 bits per heavy atom. The zero-order chi connectivity index (χ0) is 25.3.